The minimum atomic E-state index is -3.29. The summed E-state index contributed by atoms with van der Waals surface area (Å²) in [6, 6.07) is 9.75. The zero-order chi connectivity index (χ0) is 15.6. The van der Waals surface area contributed by atoms with Gasteiger partial charge in [-0.2, -0.15) is 0 Å². The summed E-state index contributed by atoms with van der Waals surface area (Å²) in [7, 11) is -3.29. The van der Waals surface area contributed by atoms with Gasteiger partial charge in [0.25, 0.3) is 5.91 Å². The van der Waals surface area contributed by atoms with Gasteiger partial charge in [-0.3, -0.25) is 4.79 Å². The topological polar surface area (TPSA) is 63.2 Å². The van der Waals surface area contributed by atoms with E-state index in [2.05, 4.69) is 5.32 Å². The van der Waals surface area contributed by atoms with E-state index in [4.69, 9.17) is 0 Å². The predicted octanol–water partition coefficient (Wildman–Crippen LogP) is 2.79. The molecule has 0 aliphatic rings. The molecule has 1 amide bonds. The van der Waals surface area contributed by atoms with Crippen LogP contribution in [0.3, 0.4) is 0 Å². The van der Waals surface area contributed by atoms with Crippen molar-refractivity contribution in [2.45, 2.75) is 11.8 Å². The van der Waals surface area contributed by atoms with Crippen LogP contribution in [0.25, 0.3) is 0 Å². The number of amides is 1. The maximum absolute atomic E-state index is 13.1. The number of anilines is 1. The van der Waals surface area contributed by atoms with E-state index in [-0.39, 0.29) is 10.5 Å². The lowest BCUT2D eigenvalue weighted by atomic mass is 10.1. The Morgan fingerprint density at radius 3 is 2.43 bits per heavy atom. The number of aryl methyl sites for hydroxylation is 1. The third-order valence-corrected chi connectivity index (χ3v) is 4.07. The molecule has 0 aliphatic carbocycles. The number of carbonyl (C=O) groups is 1. The summed E-state index contributed by atoms with van der Waals surface area (Å²) in [6.07, 6.45) is 1.12. The number of rotatable bonds is 3. The molecule has 0 aromatic heterocycles. The standard InChI is InChI=1S/C15H14FNO3S/c1-10-8-13(21(2,19)20)6-7-14(10)17-15(18)11-4-3-5-12(16)9-11/h3-9H,1-2H3,(H,17,18). The van der Waals surface area contributed by atoms with Gasteiger partial charge in [0.2, 0.25) is 0 Å². The summed E-state index contributed by atoms with van der Waals surface area (Å²) in [5.74, 6) is -0.948. The van der Waals surface area contributed by atoms with Crippen LogP contribution in [-0.2, 0) is 9.84 Å². The van der Waals surface area contributed by atoms with Crippen molar-refractivity contribution >= 4 is 21.4 Å². The Kier molecular flexibility index (Phi) is 4.09. The molecule has 0 bridgehead atoms. The van der Waals surface area contributed by atoms with Crippen molar-refractivity contribution in [3.63, 3.8) is 0 Å². The number of nitrogens with one attached hydrogen (secondary N) is 1. The molecule has 4 nitrogen and oxygen atoms in total. The molecule has 110 valence electrons. The second-order valence-corrected chi connectivity index (χ2v) is 6.73. The van der Waals surface area contributed by atoms with Crippen LogP contribution in [0.2, 0.25) is 0 Å². The van der Waals surface area contributed by atoms with Gasteiger partial charge in [-0.05, 0) is 48.9 Å². The second kappa shape index (κ2) is 5.65. The molecular formula is C15H14FNO3S. The molecule has 0 fully saturated rings. The summed E-state index contributed by atoms with van der Waals surface area (Å²) < 4.78 is 36.0. The third-order valence-electron chi connectivity index (χ3n) is 2.96. The van der Waals surface area contributed by atoms with E-state index in [0.717, 1.165) is 12.3 Å². The number of hydrogen-bond donors (Lipinski definition) is 1. The molecule has 0 radical (unpaired) electrons. The molecule has 2 aromatic rings. The van der Waals surface area contributed by atoms with E-state index in [9.17, 15) is 17.6 Å². The lowest BCUT2D eigenvalue weighted by molar-refractivity contribution is 0.102. The number of hydrogen-bond acceptors (Lipinski definition) is 3. The summed E-state index contributed by atoms with van der Waals surface area (Å²) >= 11 is 0. The van der Waals surface area contributed by atoms with E-state index in [0.29, 0.717) is 11.3 Å². The van der Waals surface area contributed by atoms with Crippen LogP contribution in [-0.4, -0.2) is 20.6 Å². The Morgan fingerprint density at radius 2 is 1.86 bits per heavy atom. The molecular weight excluding hydrogens is 293 g/mol. The fourth-order valence-electron chi connectivity index (χ4n) is 1.83. The van der Waals surface area contributed by atoms with Gasteiger partial charge in [0, 0.05) is 17.5 Å². The van der Waals surface area contributed by atoms with Crippen molar-refractivity contribution in [3.05, 3.63) is 59.4 Å². The van der Waals surface area contributed by atoms with E-state index in [1.54, 1.807) is 6.92 Å². The number of carbonyl (C=O) groups excluding carboxylic acids is 1. The van der Waals surface area contributed by atoms with Crippen LogP contribution in [0, 0.1) is 12.7 Å². The summed E-state index contributed by atoms with van der Waals surface area (Å²) in [4.78, 5) is 12.2. The lowest BCUT2D eigenvalue weighted by Gasteiger charge is -2.10. The first kappa shape index (κ1) is 15.2. The lowest BCUT2D eigenvalue weighted by Crippen LogP contribution is -2.13. The van der Waals surface area contributed by atoms with Crippen molar-refractivity contribution in [3.8, 4) is 0 Å². The SMILES string of the molecule is Cc1cc(S(C)(=O)=O)ccc1NC(=O)c1cccc(F)c1. The zero-order valence-corrected chi connectivity index (χ0v) is 12.4. The van der Waals surface area contributed by atoms with E-state index < -0.39 is 21.6 Å². The monoisotopic (exact) mass is 307 g/mol. The second-order valence-electron chi connectivity index (χ2n) is 4.71. The van der Waals surface area contributed by atoms with Crippen molar-refractivity contribution < 1.29 is 17.6 Å². The number of sulfone groups is 1. The maximum atomic E-state index is 13.1. The molecule has 0 saturated heterocycles. The molecule has 0 aliphatic heterocycles. The van der Waals surface area contributed by atoms with Gasteiger partial charge in [-0.25, -0.2) is 12.8 Å². The Morgan fingerprint density at radius 1 is 1.14 bits per heavy atom. The highest BCUT2D eigenvalue weighted by Crippen LogP contribution is 2.20. The minimum absolute atomic E-state index is 0.184. The Labute approximate surface area is 122 Å². The van der Waals surface area contributed by atoms with Crippen LogP contribution in [0.15, 0.2) is 47.4 Å². The molecule has 6 heteroatoms. The molecule has 0 spiro atoms. The first-order valence-corrected chi connectivity index (χ1v) is 8.04. The highest BCUT2D eigenvalue weighted by Gasteiger charge is 2.12. The summed E-state index contributed by atoms with van der Waals surface area (Å²) in [5, 5.41) is 2.63. The van der Waals surface area contributed by atoms with Crippen LogP contribution in [0.5, 0.6) is 0 Å². The van der Waals surface area contributed by atoms with Gasteiger partial charge in [0.1, 0.15) is 5.82 Å². The first-order chi connectivity index (χ1) is 9.77. The van der Waals surface area contributed by atoms with Crippen LogP contribution < -0.4 is 5.32 Å². The van der Waals surface area contributed by atoms with Gasteiger partial charge in [-0.1, -0.05) is 6.07 Å². The van der Waals surface area contributed by atoms with Crippen LogP contribution >= 0.6 is 0 Å². The molecule has 2 aromatic carbocycles. The average molecular weight is 307 g/mol. The largest absolute Gasteiger partial charge is 0.322 e. The molecule has 0 unspecified atom stereocenters. The van der Waals surface area contributed by atoms with Crippen molar-refractivity contribution in [1.82, 2.24) is 0 Å². The molecule has 0 heterocycles. The van der Waals surface area contributed by atoms with Crippen molar-refractivity contribution in [2.24, 2.45) is 0 Å². The molecule has 0 atom stereocenters. The van der Waals surface area contributed by atoms with Crippen molar-refractivity contribution in [1.29, 1.82) is 0 Å². The van der Waals surface area contributed by atoms with Crippen molar-refractivity contribution in [2.75, 3.05) is 11.6 Å². The van der Waals surface area contributed by atoms with Crippen LogP contribution in [0.4, 0.5) is 10.1 Å². The smallest absolute Gasteiger partial charge is 0.255 e. The van der Waals surface area contributed by atoms with Gasteiger partial charge >= 0.3 is 0 Å². The summed E-state index contributed by atoms with van der Waals surface area (Å²) in [5.41, 5.74) is 1.29. The minimum Gasteiger partial charge on any atom is -0.322 e. The average Bonchev–Trinajstić information content (AvgIpc) is 2.39. The van der Waals surface area contributed by atoms with E-state index in [1.807, 2.05) is 0 Å². The molecule has 2 rings (SSSR count). The van der Waals surface area contributed by atoms with Crippen LogP contribution in [0.1, 0.15) is 15.9 Å². The zero-order valence-electron chi connectivity index (χ0n) is 11.6. The highest BCUT2D eigenvalue weighted by molar-refractivity contribution is 7.90. The Balaban J connectivity index is 2.26. The van der Waals surface area contributed by atoms with Gasteiger partial charge in [-0.15, -0.1) is 0 Å². The highest BCUT2D eigenvalue weighted by atomic mass is 32.2. The number of benzene rings is 2. The predicted molar refractivity (Wildman–Crippen MR) is 78.6 cm³/mol. The fraction of sp³-hybridized carbons (Fsp3) is 0.133. The van der Waals surface area contributed by atoms with E-state index >= 15 is 0 Å². The van der Waals surface area contributed by atoms with E-state index in [1.165, 1.54) is 36.4 Å². The fourth-order valence-corrected chi connectivity index (χ4v) is 2.54. The van der Waals surface area contributed by atoms with Gasteiger partial charge in [0.15, 0.2) is 9.84 Å². The first-order valence-electron chi connectivity index (χ1n) is 6.15. The normalized spacial score (nSPS) is 11.2. The Bertz CT molecular complexity index is 800. The van der Waals surface area contributed by atoms with Gasteiger partial charge in [0.05, 0.1) is 4.90 Å². The third kappa shape index (κ3) is 3.66. The van der Waals surface area contributed by atoms with Gasteiger partial charge < -0.3 is 5.32 Å². The molecule has 0 saturated carbocycles. The maximum Gasteiger partial charge on any atom is 0.255 e. The molecule has 1 N–H and O–H groups in total. The molecule has 21 heavy (non-hydrogen) atoms. The Hall–Kier alpha value is -2.21. The quantitative estimate of drug-likeness (QED) is 0.948. The number of halogens is 1. The summed E-state index contributed by atoms with van der Waals surface area (Å²) in [6.45, 7) is 1.69.